The third-order valence-electron chi connectivity index (χ3n) is 2.78. The first-order valence-electron chi connectivity index (χ1n) is 5.97. The van der Waals surface area contributed by atoms with Crippen LogP contribution in [-0.2, 0) is 9.53 Å². The predicted octanol–water partition coefficient (Wildman–Crippen LogP) is 0.131. The van der Waals surface area contributed by atoms with E-state index in [1.807, 2.05) is 6.92 Å². The Morgan fingerprint density at radius 1 is 1.41 bits per heavy atom. The summed E-state index contributed by atoms with van der Waals surface area (Å²) in [6.07, 6.45) is 0.857. The first-order chi connectivity index (χ1) is 8.06. The highest BCUT2D eigenvalue weighted by Crippen LogP contribution is 2.16. The van der Waals surface area contributed by atoms with Crippen LogP contribution >= 0.6 is 0 Å². The number of cyclic esters (lactones) is 1. The van der Waals surface area contributed by atoms with Crippen molar-refractivity contribution in [3.8, 4) is 0 Å². The van der Waals surface area contributed by atoms with E-state index < -0.39 is 30.4 Å². The van der Waals surface area contributed by atoms with Crippen molar-refractivity contribution in [1.29, 1.82) is 0 Å². The van der Waals surface area contributed by atoms with Gasteiger partial charge in [-0.15, -0.1) is 0 Å². The first-order valence-corrected chi connectivity index (χ1v) is 5.97. The second kappa shape index (κ2) is 6.74. The molecular weight excluding hydrogens is 224 g/mol. The molecule has 0 radical (unpaired) electrons. The summed E-state index contributed by atoms with van der Waals surface area (Å²) in [5.41, 5.74) is 0. The summed E-state index contributed by atoms with van der Waals surface area (Å²) < 4.78 is 5.03. The molecular formula is C12H20O5. The van der Waals surface area contributed by atoms with Gasteiger partial charge in [-0.1, -0.05) is 25.5 Å². The van der Waals surface area contributed by atoms with Crippen LogP contribution in [0.15, 0.2) is 12.2 Å². The zero-order valence-corrected chi connectivity index (χ0v) is 9.95. The Labute approximate surface area is 101 Å². The van der Waals surface area contributed by atoms with E-state index in [0.29, 0.717) is 19.3 Å². The van der Waals surface area contributed by atoms with Crippen LogP contribution in [0.1, 0.15) is 32.6 Å². The first kappa shape index (κ1) is 14.2. The topological polar surface area (TPSA) is 87.0 Å². The molecule has 0 bridgehead atoms. The normalized spacial score (nSPS) is 37.3. The van der Waals surface area contributed by atoms with Gasteiger partial charge >= 0.3 is 5.97 Å². The molecule has 0 aliphatic carbocycles. The molecule has 1 heterocycles. The summed E-state index contributed by atoms with van der Waals surface area (Å²) in [6, 6.07) is 0. The Kier molecular flexibility index (Phi) is 5.61. The number of esters is 1. The largest absolute Gasteiger partial charge is 0.458 e. The van der Waals surface area contributed by atoms with E-state index in [0.717, 1.165) is 0 Å². The lowest BCUT2D eigenvalue weighted by Crippen LogP contribution is -2.41. The van der Waals surface area contributed by atoms with Crippen molar-refractivity contribution in [2.75, 3.05) is 0 Å². The van der Waals surface area contributed by atoms with Crippen LogP contribution in [0.2, 0.25) is 0 Å². The molecule has 0 aromatic heterocycles. The van der Waals surface area contributed by atoms with Crippen molar-refractivity contribution in [3.63, 3.8) is 0 Å². The number of hydrogen-bond acceptors (Lipinski definition) is 5. The number of carbonyl (C=O) groups excluding carboxylic acids is 1. The van der Waals surface area contributed by atoms with Gasteiger partial charge in [-0.3, -0.25) is 0 Å². The van der Waals surface area contributed by atoms with Gasteiger partial charge in [0.15, 0.2) is 6.10 Å². The quantitative estimate of drug-likeness (QED) is 0.475. The summed E-state index contributed by atoms with van der Waals surface area (Å²) >= 11 is 0. The third-order valence-corrected chi connectivity index (χ3v) is 2.78. The summed E-state index contributed by atoms with van der Waals surface area (Å²) in [4.78, 5) is 11.5. The summed E-state index contributed by atoms with van der Waals surface area (Å²) in [7, 11) is 0. The molecule has 98 valence electrons. The smallest absolute Gasteiger partial charge is 0.335 e. The van der Waals surface area contributed by atoms with Gasteiger partial charge in [-0.05, 0) is 19.3 Å². The second-order valence-corrected chi connectivity index (χ2v) is 4.27. The number of rotatable bonds is 2. The highest BCUT2D eigenvalue weighted by Gasteiger charge is 2.30. The Bertz CT molecular complexity index is 276. The van der Waals surface area contributed by atoms with Crippen LogP contribution in [0.3, 0.4) is 0 Å². The highest BCUT2D eigenvalue weighted by molar-refractivity contribution is 5.74. The maximum Gasteiger partial charge on any atom is 0.335 e. The number of aliphatic hydroxyl groups is 3. The predicted molar refractivity (Wildman–Crippen MR) is 61.2 cm³/mol. The number of aliphatic hydroxyl groups excluding tert-OH is 3. The van der Waals surface area contributed by atoms with Gasteiger partial charge in [-0.2, -0.15) is 0 Å². The van der Waals surface area contributed by atoms with Crippen LogP contribution in [-0.4, -0.2) is 45.7 Å². The zero-order chi connectivity index (χ0) is 12.8. The van der Waals surface area contributed by atoms with Gasteiger partial charge in [0.1, 0.15) is 18.3 Å². The molecule has 3 N–H and O–H groups in total. The molecule has 0 aromatic rings. The van der Waals surface area contributed by atoms with Crippen molar-refractivity contribution in [3.05, 3.63) is 12.2 Å². The summed E-state index contributed by atoms with van der Waals surface area (Å²) in [5.74, 6) is -0.731. The molecule has 17 heavy (non-hydrogen) atoms. The SMILES string of the molecule is CCC[C@H]1OC(=O)[C@@H](O)CC/C=C\[C@H](O)[C@@H]1O. The lowest BCUT2D eigenvalue weighted by molar-refractivity contribution is -0.169. The molecule has 4 atom stereocenters. The maximum absolute atomic E-state index is 11.5. The standard InChI is InChI=1S/C12H20O5/c1-2-5-10-11(15)8(13)6-3-4-7-9(14)12(16)17-10/h3,6,8-11,13-15H,2,4-5,7H2,1H3/b6-3-/t8-,9-,10+,11-/m0/s1. The average molecular weight is 244 g/mol. The molecule has 0 saturated carbocycles. The monoisotopic (exact) mass is 244 g/mol. The lowest BCUT2D eigenvalue weighted by atomic mass is 10.0. The van der Waals surface area contributed by atoms with Gasteiger partial charge in [-0.25, -0.2) is 4.79 Å². The zero-order valence-electron chi connectivity index (χ0n) is 9.95. The van der Waals surface area contributed by atoms with Crippen LogP contribution in [0, 0.1) is 0 Å². The van der Waals surface area contributed by atoms with E-state index in [-0.39, 0.29) is 6.42 Å². The highest BCUT2D eigenvalue weighted by atomic mass is 16.6. The minimum absolute atomic E-state index is 0.261. The van der Waals surface area contributed by atoms with Crippen LogP contribution in [0.25, 0.3) is 0 Å². The van der Waals surface area contributed by atoms with E-state index in [9.17, 15) is 20.1 Å². The average Bonchev–Trinajstić information content (AvgIpc) is 2.31. The molecule has 1 rings (SSSR count). The van der Waals surface area contributed by atoms with Crippen LogP contribution in [0.4, 0.5) is 0 Å². The van der Waals surface area contributed by atoms with Gasteiger partial charge in [0.25, 0.3) is 0 Å². The van der Waals surface area contributed by atoms with Crippen LogP contribution in [0.5, 0.6) is 0 Å². The van der Waals surface area contributed by atoms with E-state index in [4.69, 9.17) is 4.74 Å². The molecule has 5 nitrogen and oxygen atoms in total. The fraction of sp³-hybridized carbons (Fsp3) is 0.750. The molecule has 1 aliphatic rings. The molecule has 0 aromatic carbocycles. The number of ether oxygens (including phenoxy) is 1. The molecule has 5 heteroatoms. The van der Waals surface area contributed by atoms with Gasteiger partial charge < -0.3 is 20.1 Å². The molecule has 0 spiro atoms. The van der Waals surface area contributed by atoms with Gasteiger partial charge in [0.05, 0.1) is 0 Å². The molecule has 0 fully saturated rings. The molecule has 0 saturated heterocycles. The minimum Gasteiger partial charge on any atom is -0.458 e. The van der Waals surface area contributed by atoms with E-state index in [2.05, 4.69) is 0 Å². The lowest BCUT2D eigenvalue weighted by Gasteiger charge is -2.27. The number of carbonyl (C=O) groups is 1. The van der Waals surface area contributed by atoms with Crippen molar-refractivity contribution in [1.82, 2.24) is 0 Å². The fourth-order valence-electron chi connectivity index (χ4n) is 1.75. The number of allylic oxidation sites excluding steroid dienone is 1. The Balaban J connectivity index is 2.80. The third kappa shape index (κ3) is 4.11. The van der Waals surface area contributed by atoms with Crippen molar-refractivity contribution >= 4 is 5.97 Å². The molecule has 1 aliphatic heterocycles. The summed E-state index contributed by atoms with van der Waals surface area (Å²) in [6.45, 7) is 1.89. The van der Waals surface area contributed by atoms with Gasteiger partial charge in [0.2, 0.25) is 0 Å². The van der Waals surface area contributed by atoms with Crippen molar-refractivity contribution in [2.45, 2.75) is 57.0 Å². The Morgan fingerprint density at radius 3 is 2.76 bits per heavy atom. The maximum atomic E-state index is 11.5. The molecule has 0 amide bonds. The minimum atomic E-state index is -1.17. The fourth-order valence-corrected chi connectivity index (χ4v) is 1.75. The number of hydrogen-bond donors (Lipinski definition) is 3. The van der Waals surface area contributed by atoms with Crippen molar-refractivity contribution < 1.29 is 24.9 Å². The van der Waals surface area contributed by atoms with E-state index in [1.165, 1.54) is 6.08 Å². The Hall–Kier alpha value is -0.910. The van der Waals surface area contributed by atoms with E-state index >= 15 is 0 Å². The Morgan fingerprint density at radius 2 is 2.12 bits per heavy atom. The molecule has 0 unspecified atom stereocenters. The summed E-state index contributed by atoms with van der Waals surface area (Å²) in [5, 5.41) is 29.0. The van der Waals surface area contributed by atoms with E-state index in [1.54, 1.807) is 6.08 Å². The van der Waals surface area contributed by atoms with Crippen LogP contribution < -0.4 is 0 Å². The second-order valence-electron chi connectivity index (χ2n) is 4.27. The van der Waals surface area contributed by atoms with Crippen molar-refractivity contribution in [2.24, 2.45) is 0 Å². The van der Waals surface area contributed by atoms with Gasteiger partial charge in [0, 0.05) is 0 Å².